The molecule has 0 aliphatic carbocycles. The molecule has 9 heteroatoms. The standard InChI is InChI=1S/C31H35NO8/c1-6-38-26-13-10-22(17-29(26)39-7-2)30(33)32-15-14-21-16-27(35-3)28(36-4)18-24(21)25(32)19-40-23-11-8-20(9-12-23)31(34)37-5/h8-13,16-18,25H,6-7,14-15,19H2,1-5H3/t25-/m1/s1. The lowest BCUT2D eigenvalue weighted by atomic mass is 9.91. The maximum Gasteiger partial charge on any atom is 0.337 e. The van der Waals surface area contributed by atoms with Gasteiger partial charge in [0.1, 0.15) is 12.4 Å². The Morgan fingerprint density at radius 3 is 2.08 bits per heavy atom. The SMILES string of the molecule is CCOc1ccc(C(=O)N2CCc3cc(OC)c(OC)cc3[C@H]2COc2ccc(C(=O)OC)cc2)cc1OCC. The number of esters is 1. The van der Waals surface area contributed by atoms with E-state index in [-0.39, 0.29) is 12.5 Å². The first kappa shape index (κ1) is 28.6. The lowest BCUT2D eigenvalue weighted by molar-refractivity contribution is 0.0582. The number of amides is 1. The fourth-order valence-corrected chi connectivity index (χ4v) is 4.78. The quantitative estimate of drug-likeness (QED) is 0.305. The fraction of sp³-hybridized carbons (Fsp3) is 0.355. The maximum atomic E-state index is 14.0. The molecule has 0 aromatic heterocycles. The average Bonchev–Trinajstić information content (AvgIpc) is 2.99. The predicted molar refractivity (Wildman–Crippen MR) is 149 cm³/mol. The van der Waals surface area contributed by atoms with E-state index in [9.17, 15) is 9.59 Å². The van der Waals surface area contributed by atoms with E-state index in [0.717, 1.165) is 11.1 Å². The molecule has 212 valence electrons. The van der Waals surface area contributed by atoms with Crippen LogP contribution < -0.4 is 23.7 Å². The van der Waals surface area contributed by atoms with Crippen molar-refractivity contribution in [2.24, 2.45) is 0 Å². The number of methoxy groups -OCH3 is 3. The number of benzene rings is 3. The van der Waals surface area contributed by atoms with Crippen molar-refractivity contribution in [3.8, 4) is 28.7 Å². The summed E-state index contributed by atoms with van der Waals surface area (Å²) in [5, 5.41) is 0. The molecule has 1 aliphatic heterocycles. The van der Waals surface area contributed by atoms with Gasteiger partial charge in [0.05, 0.1) is 46.1 Å². The number of nitrogens with zero attached hydrogens (tertiary/aromatic N) is 1. The van der Waals surface area contributed by atoms with Gasteiger partial charge in [0.25, 0.3) is 5.91 Å². The molecule has 0 bridgehead atoms. The molecule has 0 saturated carbocycles. The second kappa shape index (κ2) is 13.1. The summed E-state index contributed by atoms with van der Waals surface area (Å²) in [6.07, 6.45) is 0.640. The van der Waals surface area contributed by atoms with Gasteiger partial charge in [-0.25, -0.2) is 4.79 Å². The van der Waals surface area contributed by atoms with E-state index >= 15 is 0 Å². The number of rotatable bonds is 11. The first-order valence-corrected chi connectivity index (χ1v) is 13.2. The summed E-state index contributed by atoms with van der Waals surface area (Å²) in [5.74, 6) is 2.31. The van der Waals surface area contributed by atoms with Gasteiger partial charge in [0.2, 0.25) is 0 Å². The van der Waals surface area contributed by atoms with Crippen LogP contribution in [0.2, 0.25) is 0 Å². The first-order valence-electron chi connectivity index (χ1n) is 13.2. The Balaban J connectivity index is 1.68. The van der Waals surface area contributed by atoms with Crippen LogP contribution in [0, 0.1) is 0 Å². The Morgan fingerprint density at radius 1 is 0.775 bits per heavy atom. The van der Waals surface area contributed by atoms with Crippen LogP contribution in [0.1, 0.15) is 51.7 Å². The molecule has 0 radical (unpaired) electrons. The molecule has 1 amide bonds. The topological polar surface area (TPSA) is 92.8 Å². The summed E-state index contributed by atoms with van der Waals surface area (Å²) in [6.45, 7) is 5.38. The molecule has 3 aromatic rings. The summed E-state index contributed by atoms with van der Waals surface area (Å²) < 4.78 is 33.5. The molecular weight excluding hydrogens is 514 g/mol. The lowest BCUT2D eigenvalue weighted by Gasteiger charge is -2.37. The normalized spacial score (nSPS) is 14.1. The molecule has 0 fully saturated rings. The zero-order valence-electron chi connectivity index (χ0n) is 23.5. The van der Waals surface area contributed by atoms with Gasteiger partial charge in [0.15, 0.2) is 23.0 Å². The Morgan fingerprint density at radius 2 is 1.43 bits per heavy atom. The van der Waals surface area contributed by atoms with E-state index in [2.05, 4.69) is 0 Å². The molecule has 0 spiro atoms. The first-order chi connectivity index (χ1) is 19.4. The molecule has 0 saturated heterocycles. The molecule has 1 heterocycles. The van der Waals surface area contributed by atoms with Crippen molar-refractivity contribution in [2.45, 2.75) is 26.3 Å². The van der Waals surface area contributed by atoms with Crippen LogP contribution in [0.25, 0.3) is 0 Å². The van der Waals surface area contributed by atoms with E-state index in [4.69, 9.17) is 28.4 Å². The molecule has 40 heavy (non-hydrogen) atoms. The largest absolute Gasteiger partial charge is 0.493 e. The summed E-state index contributed by atoms with van der Waals surface area (Å²) in [6, 6.07) is 15.4. The van der Waals surface area contributed by atoms with Crippen LogP contribution >= 0.6 is 0 Å². The monoisotopic (exact) mass is 549 g/mol. The van der Waals surface area contributed by atoms with Crippen molar-refractivity contribution in [3.05, 3.63) is 76.9 Å². The highest BCUT2D eigenvalue weighted by Crippen LogP contribution is 2.39. The smallest absolute Gasteiger partial charge is 0.337 e. The van der Waals surface area contributed by atoms with Crippen LogP contribution in [0.4, 0.5) is 0 Å². The van der Waals surface area contributed by atoms with Crippen LogP contribution in [-0.2, 0) is 11.2 Å². The highest BCUT2D eigenvalue weighted by atomic mass is 16.5. The molecule has 0 unspecified atom stereocenters. The highest BCUT2D eigenvalue weighted by molar-refractivity contribution is 5.95. The predicted octanol–water partition coefficient (Wildman–Crippen LogP) is 5.11. The molecule has 0 N–H and O–H groups in total. The number of hydrogen-bond donors (Lipinski definition) is 0. The van der Waals surface area contributed by atoms with E-state index in [1.165, 1.54) is 7.11 Å². The van der Waals surface area contributed by atoms with Crippen molar-refractivity contribution >= 4 is 11.9 Å². The number of carbonyl (C=O) groups is 2. The summed E-state index contributed by atoms with van der Waals surface area (Å²) in [4.78, 5) is 27.6. The minimum atomic E-state index is -0.424. The van der Waals surface area contributed by atoms with Crippen LogP contribution in [-0.4, -0.2) is 64.5 Å². The zero-order chi connectivity index (χ0) is 28.6. The second-order valence-electron chi connectivity index (χ2n) is 9.02. The van der Waals surface area contributed by atoms with Gasteiger partial charge in [0, 0.05) is 12.1 Å². The molecule has 3 aromatic carbocycles. The van der Waals surface area contributed by atoms with Crippen molar-refractivity contribution in [2.75, 3.05) is 47.7 Å². The summed E-state index contributed by atoms with van der Waals surface area (Å²) in [7, 11) is 4.52. The van der Waals surface area contributed by atoms with Crippen molar-refractivity contribution < 1.29 is 38.0 Å². The van der Waals surface area contributed by atoms with E-state index in [1.807, 2.05) is 30.9 Å². The third-order valence-corrected chi connectivity index (χ3v) is 6.74. The van der Waals surface area contributed by atoms with Crippen molar-refractivity contribution in [1.29, 1.82) is 0 Å². The van der Waals surface area contributed by atoms with Crippen LogP contribution in [0.5, 0.6) is 28.7 Å². The number of ether oxygens (including phenoxy) is 6. The van der Waals surface area contributed by atoms with Crippen molar-refractivity contribution in [3.63, 3.8) is 0 Å². The average molecular weight is 550 g/mol. The minimum absolute atomic E-state index is 0.154. The molecule has 1 atom stereocenters. The Labute approximate surface area is 234 Å². The molecule has 9 nitrogen and oxygen atoms in total. The molecule has 1 aliphatic rings. The zero-order valence-corrected chi connectivity index (χ0v) is 23.5. The minimum Gasteiger partial charge on any atom is -0.493 e. The van der Waals surface area contributed by atoms with E-state index < -0.39 is 12.0 Å². The lowest BCUT2D eigenvalue weighted by Crippen LogP contribution is -2.42. The van der Waals surface area contributed by atoms with Gasteiger partial charge in [-0.1, -0.05) is 0 Å². The van der Waals surface area contributed by atoms with Gasteiger partial charge < -0.3 is 33.3 Å². The van der Waals surface area contributed by atoms with Crippen molar-refractivity contribution in [1.82, 2.24) is 4.90 Å². The third-order valence-electron chi connectivity index (χ3n) is 6.74. The van der Waals surface area contributed by atoms with Gasteiger partial charge in [-0.2, -0.15) is 0 Å². The second-order valence-corrected chi connectivity index (χ2v) is 9.02. The summed E-state index contributed by atoms with van der Waals surface area (Å²) >= 11 is 0. The molecule has 4 rings (SSSR count). The maximum absolute atomic E-state index is 14.0. The number of carbonyl (C=O) groups excluding carboxylic acids is 2. The molecular formula is C31H35NO8. The van der Waals surface area contributed by atoms with Gasteiger partial charge in [-0.15, -0.1) is 0 Å². The van der Waals surface area contributed by atoms with Crippen LogP contribution in [0.15, 0.2) is 54.6 Å². The number of hydrogen-bond acceptors (Lipinski definition) is 8. The fourth-order valence-electron chi connectivity index (χ4n) is 4.78. The Bertz CT molecular complexity index is 1340. The highest BCUT2D eigenvalue weighted by Gasteiger charge is 2.34. The van der Waals surface area contributed by atoms with Gasteiger partial charge >= 0.3 is 5.97 Å². The Kier molecular flexibility index (Phi) is 9.37. The number of fused-ring (bicyclic) bond motifs is 1. The summed E-state index contributed by atoms with van der Waals surface area (Å²) in [5.41, 5.74) is 2.88. The third kappa shape index (κ3) is 6.09. The van der Waals surface area contributed by atoms with Gasteiger partial charge in [-0.3, -0.25) is 4.79 Å². The van der Waals surface area contributed by atoms with E-state index in [1.54, 1.807) is 56.7 Å². The Hall–Kier alpha value is -4.40. The van der Waals surface area contributed by atoms with Crippen LogP contribution in [0.3, 0.4) is 0 Å². The van der Waals surface area contributed by atoms with Gasteiger partial charge in [-0.05, 0) is 86.0 Å². The van der Waals surface area contributed by atoms with E-state index in [0.29, 0.717) is 66.1 Å².